The quantitative estimate of drug-likeness (QED) is 0.879. The summed E-state index contributed by atoms with van der Waals surface area (Å²) in [7, 11) is 1.68. The van der Waals surface area contributed by atoms with Crippen LogP contribution in [-0.4, -0.2) is 28.2 Å². The summed E-state index contributed by atoms with van der Waals surface area (Å²) in [5.41, 5.74) is 1.18. The number of nitrogens with one attached hydrogen (secondary N) is 1. The van der Waals surface area contributed by atoms with Crippen LogP contribution in [0, 0.1) is 16.6 Å². The molecule has 1 fully saturated rings. The van der Waals surface area contributed by atoms with Crippen molar-refractivity contribution in [1.82, 2.24) is 14.8 Å². The third-order valence-electron chi connectivity index (χ3n) is 4.48. The van der Waals surface area contributed by atoms with Gasteiger partial charge < -0.3 is 9.47 Å². The fourth-order valence-electron chi connectivity index (χ4n) is 2.95. The van der Waals surface area contributed by atoms with E-state index in [1.54, 1.807) is 7.11 Å². The van der Waals surface area contributed by atoms with E-state index in [2.05, 4.69) is 36.2 Å². The van der Waals surface area contributed by atoms with E-state index in [1.807, 2.05) is 22.8 Å². The molecule has 0 bridgehead atoms. The first-order valence-electron chi connectivity index (χ1n) is 7.49. The molecule has 0 amide bonds. The predicted octanol–water partition coefficient (Wildman–Crippen LogP) is 3.30. The Morgan fingerprint density at radius 1 is 1.27 bits per heavy atom. The van der Waals surface area contributed by atoms with Crippen molar-refractivity contribution in [3.63, 3.8) is 0 Å². The number of rotatable bonds is 4. The summed E-state index contributed by atoms with van der Waals surface area (Å²) >= 11 is 5.39. The van der Waals surface area contributed by atoms with E-state index in [9.17, 15) is 0 Å². The molecule has 1 aromatic carbocycles. The molecule has 1 N–H and O–H groups in total. The highest BCUT2D eigenvalue weighted by atomic mass is 32.1. The average Bonchev–Trinajstić information content (AvgIpc) is 3.02. The molecule has 1 saturated heterocycles. The summed E-state index contributed by atoms with van der Waals surface area (Å²) in [6.07, 6.45) is -0.313. The van der Waals surface area contributed by atoms with Crippen LogP contribution in [0.25, 0.3) is 0 Å². The maximum atomic E-state index is 6.04. The first kappa shape index (κ1) is 15.4. The van der Waals surface area contributed by atoms with E-state index < -0.39 is 0 Å². The molecule has 0 radical (unpaired) electrons. The molecule has 22 heavy (non-hydrogen) atoms. The zero-order valence-corrected chi connectivity index (χ0v) is 13.8. The van der Waals surface area contributed by atoms with Gasteiger partial charge in [0.1, 0.15) is 6.10 Å². The van der Waals surface area contributed by atoms with Crippen LogP contribution in [0.3, 0.4) is 0 Å². The number of benzene rings is 1. The van der Waals surface area contributed by atoms with Gasteiger partial charge in [-0.2, -0.15) is 5.10 Å². The second-order valence-corrected chi connectivity index (χ2v) is 6.22. The number of methoxy groups -OCH3 is 1. The van der Waals surface area contributed by atoms with Gasteiger partial charge in [-0.15, -0.1) is 0 Å². The topological polar surface area (TPSA) is 52.1 Å². The van der Waals surface area contributed by atoms with E-state index in [-0.39, 0.29) is 12.4 Å². The third kappa shape index (κ3) is 2.74. The SMILES string of the molecule is CO[C@@H]1O[C@H](c2n[nH]c(=S)n2Cc2ccccc2)[C@@H](C)[C@H]1C. The van der Waals surface area contributed by atoms with Crippen LogP contribution in [0.4, 0.5) is 0 Å². The Kier molecular flexibility index (Phi) is 4.42. The van der Waals surface area contributed by atoms with Gasteiger partial charge >= 0.3 is 0 Å². The van der Waals surface area contributed by atoms with Gasteiger partial charge in [0.2, 0.25) is 0 Å². The summed E-state index contributed by atoms with van der Waals surface area (Å²) < 4.78 is 14.1. The lowest BCUT2D eigenvalue weighted by molar-refractivity contribution is -0.132. The van der Waals surface area contributed by atoms with Gasteiger partial charge in [-0.3, -0.25) is 9.67 Å². The fraction of sp³-hybridized carbons (Fsp3) is 0.500. The van der Waals surface area contributed by atoms with Crippen LogP contribution in [0.2, 0.25) is 0 Å². The Labute approximate surface area is 135 Å². The smallest absolute Gasteiger partial charge is 0.195 e. The number of hydrogen-bond acceptors (Lipinski definition) is 4. The van der Waals surface area contributed by atoms with Crippen molar-refractivity contribution in [2.75, 3.05) is 7.11 Å². The number of H-pyrrole nitrogens is 1. The molecule has 0 aliphatic carbocycles. The molecule has 3 rings (SSSR count). The normalized spacial score (nSPS) is 28.1. The largest absolute Gasteiger partial charge is 0.356 e. The molecule has 0 saturated carbocycles. The molecule has 118 valence electrons. The summed E-state index contributed by atoms with van der Waals surface area (Å²) in [4.78, 5) is 0. The van der Waals surface area contributed by atoms with E-state index in [0.29, 0.717) is 23.2 Å². The minimum Gasteiger partial charge on any atom is -0.356 e. The highest BCUT2D eigenvalue weighted by Crippen LogP contribution is 2.41. The third-order valence-corrected chi connectivity index (χ3v) is 4.79. The lowest BCUT2D eigenvalue weighted by Gasteiger charge is -2.16. The lowest BCUT2D eigenvalue weighted by atomic mass is 9.93. The number of nitrogens with zero attached hydrogens (tertiary/aromatic N) is 2. The highest BCUT2D eigenvalue weighted by molar-refractivity contribution is 7.71. The summed E-state index contributed by atoms with van der Waals surface area (Å²) in [5, 5.41) is 7.31. The van der Waals surface area contributed by atoms with Crippen LogP contribution >= 0.6 is 12.2 Å². The first-order chi connectivity index (χ1) is 10.6. The van der Waals surface area contributed by atoms with Crippen molar-refractivity contribution in [3.05, 3.63) is 46.5 Å². The van der Waals surface area contributed by atoms with Crippen LogP contribution < -0.4 is 0 Å². The number of aromatic amines is 1. The van der Waals surface area contributed by atoms with Crippen molar-refractivity contribution in [3.8, 4) is 0 Å². The molecule has 5 nitrogen and oxygen atoms in total. The van der Waals surface area contributed by atoms with Crippen molar-refractivity contribution in [2.45, 2.75) is 32.8 Å². The van der Waals surface area contributed by atoms with Gasteiger partial charge in [0.25, 0.3) is 0 Å². The lowest BCUT2D eigenvalue weighted by Crippen LogP contribution is -2.17. The van der Waals surface area contributed by atoms with Gasteiger partial charge in [0.15, 0.2) is 16.9 Å². The van der Waals surface area contributed by atoms with Crippen molar-refractivity contribution in [2.24, 2.45) is 11.8 Å². The van der Waals surface area contributed by atoms with Gasteiger partial charge in [0, 0.05) is 13.0 Å². The van der Waals surface area contributed by atoms with E-state index in [1.165, 1.54) is 5.56 Å². The Bertz CT molecular complexity index is 682. The summed E-state index contributed by atoms with van der Waals surface area (Å²) in [5.74, 6) is 1.46. The van der Waals surface area contributed by atoms with Crippen molar-refractivity contribution in [1.29, 1.82) is 0 Å². The highest BCUT2D eigenvalue weighted by Gasteiger charge is 2.42. The molecule has 4 atom stereocenters. The van der Waals surface area contributed by atoms with Crippen molar-refractivity contribution >= 4 is 12.2 Å². The van der Waals surface area contributed by atoms with E-state index in [0.717, 1.165) is 5.82 Å². The van der Waals surface area contributed by atoms with Crippen LogP contribution in [0.1, 0.15) is 31.3 Å². The molecule has 0 spiro atoms. The Morgan fingerprint density at radius 3 is 2.64 bits per heavy atom. The number of hydrogen-bond donors (Lipinski definition) is 1. The second-order valence-electron chi connectivity index (χ2n) is 5.84. The zero-order chi connectivity index (χ0) is 15.7. The monoisotopic (exact) mass is 319 g/mol. The average molecular weight is 319 g/mol. The van der Waals surface area contributed by atoms with E-state index >= 15 is 0 Å². The standard InChI is InChI=1S/C16H21N3O2S/c1-10-11(2)15(20-3)21-13(10)14-17-18-16(22)19(14)9-12-7-5-4-6-8-12/h4-8,10-11,13,15H,9H2,1-3H3,(H,18,22)/t10-,11+,13-,15+/m0/s1. The maximum Gasteiger partial charge on any atom is 0.195 e. The maximum absolute atomic E-state index is 6.04. The van der Waals surface area contributed by atoms with Gasteiger partial charge in [0.05, 0.1) is 6.54 Å². The Morgan fingerprint density at radius 2 is 2.00 bits per heavy atom. The zero-order valence-electron chi connectivity index (χ0n) is 13.0. The summed E-state index contributed by atoms with van der Waals surface area (Å²) in [6.45, 7) is 4.99. The molecule has 1 aromatic heterocycles. The Hall–Kier alpha value is -1.50. The van der Waals surface area contributed by atoms with E-state index in [4.69, 9.17) is 21.7 Å². The van der Waals surface area contributed by atoms with Gasteiger partial charge in [-0.25, -0.2) is 0 Å². The molecule has 0 unspecified atom stereocenters. The predicted molar refractivity (Wildman–Crippen MR) is 85.9 cm³/mol. The first-order valence-corrected chi connectivity index (χ1v) is 7.90. The van der Waals surface area contributed by atoms with Crippen molar-refractivity contribution < 1.29 is 9.47 Å². The number of aromatic nitrogens is 3. The van der Waals surface area contributed by atoms with Crippen LogP contribution in [0.5, 0.6) is 0 Å². The molecule has 2 aromatic rings. The fourth-order valence-corrected chi connectivity index (χ4v) is 3.15. The molecule has 2 heterocycles. The molecule has 6 heteroatoms. The number of ether oxygens (including phenoxy) is 2. The summed E-state index contributed by atoms with van der Waals surface area (Å²) in [6, 6.07) is 10.2. The minimum atomic E-state index is -0.199. The molecular formula is C16H21N3O2S. The van der Waals surface area contributed by atoms with Gasteiger partial charge in [-0.1, -0.05) is 44.2 Å². The minimum absolute atomic E-state index is 0.114. The molecule has 1 aliphatic rings. The van der Waals surface area contributed by atoms with Crippen LogP contribution in [0.15, 0.2) is 30.3 Å². The van der Waals surface area contributed by atoms with Gasteiger partial charge in [-0.05, 0) is 23.7 Å². The Balaban J connectivity index is 1.91. The van der Waals surface area contributed by atoms with Crippen LogP contribution in [-0.2, 0) is 16.0 Å². The molecular weight excluding hydrogens is 298 g/mol. The second kappa shape index (κ2) is 6.32. The molecule has 1 aliphatic heterocycles.